The van der Waals surface area contributed by atoms with E-state index in [1.807, 2.05) is 60.8 Å². The summed E-state index contributed by atoms with van der Waals surface area (Å²) in [6.07, 6.45) is 2.75. The first-order valence-corrected chi connectivity index (χ1v) is 10.5. The van der Waals surface area contributed by atoms with Gasteiger partial charge >= 0.3 is 0 Å². The minimum atomic E-state index is -0.140. The van der Waals surface area contributed by atoms with Crippen LogP contribution in [0, 0.1) is 6.92 Å². The molecule has 1 N–H and O–H groups in total. The smallest absolute Gasteiger partial charge is 0.258 e. The average Bonchev–Trinajstić information content (AvgIpc) is 3.22. The molecule has 4 aromatic rings. The van der Waals surface area contributed by atoms with Crippen molar-refractivity contribution in [1.29, 1.82) is 0 Å². The Hall–Kier alpha value is -3.45. The molecule has 0 aliphatic heterocycles. The lowest BCUT2D eigenvalue weighted by molar-refractivity contribution is -0.116. The quantitative estimate of drug-likeness (QED) is 0.487. The summed E-state index contributed by atoms with van der Waals surface area (Å²) in [7, 11) is 0. The number of hydrogen-bond acceptors (Lipinski definition) is 5. The van der Waals surface area contributed by atoms with Gasteiger partial charge in [0.15, 0.2) is 4.96 Å². The first-order valence-electron chi connectivity index (χ1n) is 9.61. The molecular formula is C23H21N3O3S. The Morgan fingerprint density at radius 3 is 2.83 bits per heavy atom. The molecular weight excluding hydrogens is 398 g/mol. The summed E-state index contributed by atoms with van der Waals surface area (Å²) in [4.78, 5) is 29.7. The summed E-state index contributed by atoms with van der Waals surface area (Å²) in [5.41, 5.74) is 3.14. The molecule has 0 unspecified atom stereocenters. The largest absolute Gasteiger partial charge is 0.485 e. The molecule has 0 atom stereocenters. The number of hydrogen-bond donors (Lipinski definition) is 1. The van der Waals surface area contributed by atoms with Gasteiger partial charge in [-0.2, -0.15) is 0 Å². The Balaban J connectivity index is 1.44. The van der Waals surface area contributed by atoms with Gasteiger partial charge in [-0.15, -0.1) is 11.3 Å². The van der Waals surface area contributed by atoms with Crippen LogP contribution in [0.5, 0.6) is 5.75 Å². The number of amides is 1. The zero-order valence-corrected chi connectivity index (χ0v) is 17.3. The van der Waals surface area contributed by atoms with Crippen LogP contribution in [0.4, 0.5) is 5.69 Å². The Kier molecular flexibility index (Phi) is 5.90. The van der Waals surface area contributed by atoms with Gasteiger partial charge in [-0.25, -0.2) is 4.98 Å². The maximum atomic E-state index is 12.4. The van der Waals surface area contributed by atoms with Gasteiger partial charge in [-0.3, -0.25) is 14.0 Å². The molecule has 0 bridgehead atoms. The maximum absolute atomic E-state index is 12.4. The molecule has 152 valence electrons. The molecule has 30 heavy (non-hydrogen) atoms. The van der Waals surface area contributed by atoms with Crippen LogP contribution in [-0.2, 0) is 17.8 Å². The zero-order chi connectivity index (χ0) is 20.9. The third-order valence-corrected chi connectivity index (χ3v) is 5.38. The van der Waals surface area contributed by atoms with Gasteiger partial charge in [0.2, 0.25) is 5.91 Å². The predicted octanol–water partition coefficient (Wildman–Crippen LogP) is 4.21. The normalized spacial score (nSPS) is 10.8. The lowest BCUT2D eigenvalue weighted by Gasteiger charge is -2.13. The van der Waals surface area contributed by atoms with Crippen LogP contribution in [0.15, 0.2) is 71.0 Å². The molecule has 0 saturated carbocycles. The molecule has 2 aromatic carbocycles. The number of fused-ring (bicyclic) bond motifs is 1. The number of anilines is 1. The zero-order valence-electron chi connectivity index (χ0n) is 16.5. The summed E-state index contributed by atoms with van der Waals surface area (Å²) in [6, 6.07) is 17.0. The van der Waals surface area contributed by atoms with E-state index in [1.54, 1.807) is 6.20 Å². The fraction of sp³-hybridized carbons (Fsp3) is 0.174. The lowest BCUT2D eigenvalue weighted by Crippen LogP contribution is -2.15. The number of aromatic nitrogens is 2. The number of nitrogens with one attached hydrogen (secondary N) is 1. The summed E-state index contributed by atoms with van der Waals surface area (Å²) in [6.45, 7) is 2.09. The second-order valence-corrected chi connectivity index (χ2v) is 7.84. The first kappa shape index (κ1) is 19.8. The number of ether oxygens (including phenoxy) is 1. The minimum Gasteiger partial charge on any atom is -0.485 e. The SMILES string of the molecule is Cc1ccc(NC(=O)CCc2ccccc2)c(OCc2cc(=O)n3ccsc3n2)c1. The third kappa shape index (κ3) is 4.75. The van der Waals surface area contributed by atoms with Crippen LogP contribution >= 0.6 is 11.3 Å². The van der Waals surface area contributed by atoms with Crippen molar-refractivity contribution in [3.63, 3.8) is 0 Å². The molecule has 2 heterocycles. The molecule has 0 aliphatic rings. The van der Waals surface area contributed by atoms with Crippen molar-refractivity contribution in [2.24, 2.45) is 0 Å². The minimum absolute atomic E-state index is 0.0797. The van der Waals surface area contributed by atoms with Crippen LogP contribution in [0.1, 0.15) is 23.2 Å². The van der Waals surface area contributed by atoms with Crippen molar-refractivity contribution in [2.45, 2.75) is 26.4 Å². The van der Waals surface area contributed by atoms with E-state index in [1.165, 1.54) is 21.8 Å². The molecule has 0 fully saturated rings. The Morgan fingerprint density at radius 2 is 2.00 bits per heavy atom. The van der Waals surface area contributed by atoms with Gasteiger partial charge in [-0.1, -0.05) is 36.4 Å². The summed E-state index contributed by atoms with van der Waals surface area (Å²) < 4.78 is 7.43. The molecule has 1 amide bonds. The van der Waals surface area contributed by atoms with E-state index in [-0.39, 0.29) is 18.1 Å². The molecule has 6 nitrogen and oxygen atoms in total. The number of nitrogens with zero attached hydrogens (tertiary/aromatic N) is 2. The second-order valence-electron chi connectivity index (χ2n) is 6.96. The highest BCUT2D eigenvalue weighted by Gasteiger charge is 2.11. The Bertz CT molecular complexity index is 1230. The highest BCUT2D eigenvalue weighted by molar-refractivity contribution is 7.15. The van der Waals surface area contributed by atoms with Crippen molar-refractivity contribution < 1.29 is 9.53 Å². The van der Waals surface area contributed by atoms with Crippen LogP contribution in [0.2, 0.25) is 0 Å². The third-order valence-electron chi connectivity index (χ3n) is 4.63. The maximum Gasteiger partial charge on any atom is 0.258 e. The van der Waals surface area contributed by atoms with E-state index >= 15 is 0 Å². The number of rotatable bonds is 7. The van der Waals surface area contributed by atoms with Gasteiger partial charge in [0.25, 0.3) is 5.56 Å². The van der Waals surface area contributed by atoms with E-state index in [0.717, 1.165) is 11.1 Å². The first-order chi connectivity index (χ1) is 14.6. The fourth-order valence-electron chi connectivity index (χ4n) is 3.08. The summed E-state index contributed by atoms with van der Waals surface area (Å²) in [5, 5.41) is 4.75. The number of thiazole rings is 1. The number of carbonyl (C=O) groups excluding carboxylic acids is 1. The van der Waals surface area contributed by atoms with Crippen molar-refractivity contribution in [2.75, 3.05) is 5.32 Å². The van der Waals surface area contributed by atoms with Crippen LogP contribution < -0.4 is 15.6 Å². The standard InChI is InChI=1S/C23H21N3O3S/c1-16-7-9-19(25-21(27)10-8-17-5-3-2-4-6-17)20(13-16)29-15-18-14-22(28)26-11-12-30-23(26)24-18/h2-7,9,11-14H,8,10,15H2,1H3,(H,25,27). The van der Waals surface area contributed by atoms with E-state index in [4.69, 9.17) is 4.74 Å². The van der Waals surface area contributed by atoms with Gasteiger partial charge in [0.05, 0.1) is 11.4 Å². The van der Waals surface area contributed by atoms with Crippen LogP contribution in [-0.4, -0.2) is 15.3 Å². The van der Waals surface area contributed by atoms with Crippen LogP contribution in [0.25, 0.3) is 4.96 Å². The van der Waals surface area contributed by atoms with Crippen molar-refractivity contribution in [3.05, 3.63) is 93.3 Å². The van der Waals surface area contributed by atoms with Gasteiger partial charge in [0.1, 0.15) is 12.4 Å². The number of carbonyl (C=O) groups is 1. The molecule has 0 saturated heterocycles. The molecule has 7 heteroatoms. The van der Waals surface area contributed by atoms with Crippen molar-refractivity contribution in [3.8, 4) is 5.75 Å². The van der Waals surface area contributed by atoms with E-state index < -0.39 is 0 Å². The molecule has 4 rings (SSSR count). The van der Waals surface area contributed by atoms with Gasteiger partial charge in [0, 0.05) is 24.1 Å². The highest BCUT2D eigenvalue weighted by Crippen LogP contribution is 2.27. The van der Waals surface area contributed by atoms with E-state index in [0.29, 0.717) is 34.9 Å². The molecule has 0 spiro atoms. The van der Waals surface area contributed by atoms with Gasteiger partial charge < -0.3 is 10.1 Å². The summed E-state index contributed by atoms with van der Waals surface area (Å²) in [5.74, 6) is 0.472. The Labute approximate surface area is 177 Å². The van der Waals surface area contributed by atoms with Crippen LogP contribution in [0.3, 0.4) is 0 Å². The topological polar surface area (TPSA) is 72.7 Å². The Morgan fingerprint density at radius 1 is 1.17 bits per heavy atom. The molecule has 0 aliphatic carbocycles. The highest BCUT2D eigenvalue weighted by atomic mass is 32.1. The molecule has 2 aromatic heterocycles. The lowest BCUT2D eigenvalue weighted by atomic mass is 10.1. The van der Waals surface area contributed by atoms with E-state index in [9.17, 15) is 9.59 Å². The molecule has 0 radical (unpaired) electrons. The van der Waals surface area contributed by atoms with Gasteiger partial charge in [-0.05, 0) is 36.6 Å². The van der Waals surface area contributed by atoms with Crippen molar-refractivity contribution >= 4 is 27.9 Å². The van der Waals surface area contributed by atoms with E-state index in [2.05, 4.69) is 10.3 Å². The summed E-state index contributed by atoms with van der Waals surface area (Å²) >= 11 is 1.39. The fourth-order valence-corrected chi connectivity index (χ4v) is 3.82. The second kappa shape index (κ2) is 8.92. The monoisotopic (exact) mass is 419 g/mol. The number of benzene rings is 2. The predicted molar refractivity (Wildman–Crippen MR) is 118 cm³/mol. The average molecular weight is 420 g/mol. The number of aryl methyl sites for hydroxylation is 2. The van der Waals surface area contributed by atoms with Crippen molar-refractivity contribution in [1.82, 2.24) is 9.38 Å².